The van der Waals surface area contributed by atoms with E-state index in [1.54, 1.807) is 31.2 Å². The zero-order chi connectivity index (χ0) is 35.2. The summed E-state index contributed by atoms with van der Waals surface area (Å²) in [6, 6.07) is 4.02. The number of hydrogen-bond donors (Lipinski definition) is 10. The van der Waals surface area contributed by atoms with Gasteiger partial charge in [-0.1, -0.05) is 0 Å². The van der Waals surface area contributed by atoms with Crippen molar-refractivity contribution in [2.45, 2.75) is 44.1 Å². The summed E-state index contributed by atoms with van der Waals surface area (Å²) < 4.78 is 0. The van der Waals surface area contributed by atoms with E-state index >= 15 is 0 Å². The van der Waals surface area contributed by atoms with E-state index in [2.05, 4.69) is 61.8 Å². The fourth-order valence-electron chi connectivity index (χ4n) is 3.63. The Morgan fingerprint density at radius 1 is 0.627 bits per heavy atom. The van der Waals surface area contributed by atoms with E-state index in [0.29, 0.717) is 11.4 Å². The Morgan fingerprint density at radius 2 is 1.00 bits per heavy atom. The summed E-state index contributed by atoms with van der Waals surface area (Å²) in [7, 11) is 0. The number of benzene rings is 1. The van der Waals surface area contributed by atoms with Gasteiger partial charge in [0.05, 0.1) is 37.4 Å². The average molecular weight is 694 g/mol. The number of aromatic nitrogens is 6. The molecule has 0 bridgehead atoms. The molecule has 22 nitrogen and oxygen atoms in total. The second kappa shape index (κ2) is 23.5. The summed E-state index contributed by atoms with van der Waals surface area (Å²) in [5, 5.41) is 87.2. The van der Waals surface area contributed by atoms with Crippen molar-refractivity contribution in [3.05, 3.63) is 24.3 Å². The number of aliphatic hydroxyl groups excluding tert-OH is 4. The molecule has 4 atom stereocenters. The van der Waals surface area contributed by atoms with E-state index in [4.69, 9.17) is 10.2 Å². The first-order valence-electron chi connectivity index (χ1n) is 14.2. The molecule has 3 rings (SSSR count). The third-order valence-corrected chi connectivity index (χ3v) is 5.89. The Labute approximate surface area is 326 Å². The molecule has 0 saturated heterocycles. The van der Waals surface area contributed by atoms with Crippen molar-refractivity contribution >= 4 is 65.0 Å². The number of aliphatic carboxylic acids is 3. The number of nitrogens with zero attached hydrogens (tertiary/aromatic N) is 6. The van der Waals surface area contributed by atoms with E-state index in [9.17, 15) is 39.9 Å². The van der Waals surface area contributed by atoms with Crippen LogP contribution in [0.1, 0.15) is 19.8 Å². The monoisotopic (exact) mass is 694 g/mol. The molecule has 10 N–H and O–H groups in total. The number of carboxylic acid groups (broad SMARTS) is 3. The Bertz CT molecular complexity index is 1550. The van der Waals surface area contributed by atoms with Crippen molar-refractivity contribution in [1.82, 2.24) is 29.9 Å². The zero-order valence-corrected chi connectivity index (χ0v) is 28.3. The number of nitrogens with one attached hydrogen (secondary N) is 6. The van der Waals surface area contributed by atoms with Crippen molar-refractivity contribution in [2.75, 3.05) is 58.2 Å². The SMILES string of the molecule is CC(CC(=O)[O-])Nc1nc(NCC(O)CO)nc(Nc2ccc(Nc3nc(NCC(O)CO)nc(NC(CC(=O)[O-])C(=O)[O-])n3)cc2)n1.[Li+].[Li+].[Li+]. The summed E-state index contributed by atoms with van der Waals surface area (Å²) in [6.07, 6.45) is -3.55. The largest absolute Gasteiger partial charge is 1.00 e. The summed E-state index contributed by atoms with van der Waals surface area (Å²) in [6.45, 7) is 0.229. The summed E-state index contributed by atoms with van der Waals surface area (Å²) >= 11 is 0. The number of rotatable bonds is 21. The number of carbonyl (C=O) groups excluding carboxylic acids is 3. The van der Waals surface area contributed by atoms with Gasteiger partial charge in [0.1, 0.15) is 0 Å². The maximum absolute atomic E-state index is 11.4. The van der Waals surface area contributed by atoms with Crippen LogP contribution < -0.4 is 104 Å². The maximum Gasteiger partial charge on any atom is 1.00 e. The molecule has 0 radical (unpaired) electrons. The minimum Gasteiger partial charge on any atom is -0.550 e. The Balaban J connectivity index is 0.00000833. The van der Waals surface area contributed by atoms with Crippen LogP contribution in [0.5, 0.6) is 0 Å². The third-order valence-electron chi connectivity index (χ3n) is 5.89. The fraction of sp³-hybridized carbons (Fsp3) is 0.423. The van der Waals surface area contributed by atoms with Crippen LogP contribution in [0.4, 0.5) is 47.1 Å². The van der Waals surface area contributed by atoms with E-state index in [1.165, 1.54) is 0 Å². The van der Waals surface area contributed by atoms with Gasteiger partial charge in [0.25, 0.3) is 0 Å². The normalized spacial score (nSPS) is 12.6. The number of carboxylic acids is 3. The predicted octanol–water partition coefficient (Wildman–Crippen LogP) is -14.3. The molecule has 25 heteroatoms. The van der Waals surface area contributed by atoms with Crippen LogP contribution in [-0.2, 0) is 14.4 Å². The van der Waals surface area contributed by atoms with Crippen molar-refractivity contribution in [2.24, 2.45) is 0 Å². The molecule has 2 aromatic heterocycles. The van der Waals surface area contributed by atoms with Gasteiger partial charge in [-0.05, 0) is 31.2 Å². The van der Waals surface area contributed by atoms with Crippen LogP contribution in [0.25, 0.3) is 0 Å². The van der Waals surface area contributed by atoms with Gasteiger partial charge in [0, 0.05) is 55.3 Å². The zero-order valence-electron chi connectivity index (χ0n) is 28.3. The Hall–Kier alpha value is -3.92. The second-order valence-corrected chi connectivity index (χ2v) is 10.1. The fourth-order valence-corrected chi connectivity index (χ4v) is 3.63. The first kappa shape index (κ1) is 47.1. The Morgan fingerprint density at radius 3 is 1.37 bits per heavy atom. The van der Waals surface area contributed by atoms with Crippen LogP contribution in [0.15, 0.2) is 24.3 Å². The average Bonchev–Trinajstić information content (AvgIpc) is 3.02. The number of carbonyl (C=O) groups is 3. The van der Waals surface area contributed by atoms with Gasteiger partial charge in [-0.3, -0.25) is 0 Å². The standard InChI is InChI=1S/C26H36N12O10.3Li/c1-12(6-18(43)44)29-23-33-21(27-8-15(41)10-39)34-24(37-23)30-13-2-4-14(5-3-13)31-25-35-22(28-9-16(42)11-40)36-26(38-25)32-17(20(47)48)7-19(45)46;;;/h2-5,12,15-17,39-42H,6-11H2,1H3,(H,43,44)(H,45,46)(H,47,48)(H3,27,29,30,33,34,37)(H3,28,31,32,35,36,38);;;/q;3*+1/p-3. The van der Waals surface area contributed by atoms with E-state index < -0.39 is 61.8 Å². The van der Waals surface area contributed by atoms with Gasteiger partial charge in [-0.2, -0.15) is 29.9 Å². The van der Waals surface area contributed by atoms with Crippen LogP contribution in [0.3, 0.4) is 0 Å². The molecular formula is C26H33Li3N12O10. The van der Waals surface area contributed by atoms with Crippen LogP contribution >= 0.6 is 0 Å². The topological polar surface area (TPSA) is 351 Å². The molecule has 0 spiro atoms. The Kier molecular flexibility index (Phi) is 21.7. The van der Waals surface area contributed by atoms with E-state index in [-0.39, 0.29) is 112 Å². The minimum absolute atomic E-state index is 0. The molecular weight excluding hydrogens is 661 g/mol. The molecule has 0 amide bonds. The summed E-state index contributed by atoms with van der Waals surface area (Å²) in [5.41, 5.74) is 0.888. The molecule has 51 heavy (non-hydrogen) atoms. The van der Waals surface area contributed by atoms with Gasteiger partial charge in [0.15, 0.2) is 0 Å². The van der Waals surface area contributed by atoms with Crippen LogP contribution in [-0.4, -0.2) is 119 Å². The molecule has 0 fully saturated rings. The van der Waals surface area contributed by atoms with Crippen molar-refractivity contribution in [1.29, 1.82) is 0 Å². The summed E-state index contributed by atoms with van der Waals surface area (Å²) in [5.74, 6) is -5.28. The first-order valence-corrected chi connectivity index (χ1v) is 14.2. The molecule has 0 saturated carbocycles. The van der Waals surface area contributed by atoms with Crippen molar-refractivity contribution in [3.63, 3.8) is 0 Å². The molecule has 0 aliphatic rings. The predicted molar refractivity (Wildman–Crippen MR) is 161 cm³/mol. The second-order valence-electron chi connectivity index (χ2n) is 10.1. The summed E-state index contributed by atoms with van der Waals surface area (Å²) in [4.78, 5) is 58.1. The van der Waals surface area contributed by atoms with E-state index in [1.807, 2.05) is 0 Å². The quantitative estimate of drug-likeness (QED) is 0.0463. The van der Waals surface area contributed by atoms with Crippen molar-refractivity contribution < 1.29 is 107 Å². The molecule has 3 aromatic rings. The van der Waals surface area contributed by atoms with Gasteiger partial charge in [-0.15, -0.1) is 0 Å². The van der Waals surface area contributed by atoms with Gasteiger partial charge in [-0.25, -0.2) is 0 Å². The molecule has 1 aromatic carbocycles. The third kappa shape index (κ3) is 17.2. The number of anilines is 8. The van der Waals surface area contributed by atoms with Gasteiger partial charge in [0.2, 0.25) is 35.7 Å². The number of hydrogen-bond acceptors (Lipinski definition) is 22. The molecule has 4 unspecified atom stereocenters. The molecule has 260 valence electrons. The molecule has 2 heterocycles. The van der Waals surface area contributed by atoms with Gasteiger partial charge < -0.3 is 82.0 Å². The molecule has 0 aliphatic heterocycles. The van der Waals surface area contributed by atoms with Gasteiger partial charge >= 0.3 is 56.6 Å². The van der Waals surface area contributed by atoms with Crippen LogP contribution in [0, 0.1) is 0 Å². The maximum atomic E-state index is 11.4. The smallest absolute Gasteiger partial charge is 0.550 e. The molecule has 0 aliphatic carbocycles. The van der Waals surface area contributed by atoms with Crippen LogP contribution in [0.2, 0.25) is 0 Å². The minimum atomic E-state index is -1.75. The van der Waals surface area contributed by atoms with E-state index in [0.717, 1.165) is 0 Å². The first-order chi connectivity index (χ1) is 22.8. The van der Waals surface area contributed by atoms with Crippen molar-refractivity contribution in [3.8, 4) is 0 Å². The number of aliphatic hydroxyl groups is 4.